The van der Waals surface area contributed by atoms with Crippen LogP contribution in [0.15, 0.2) is 72.8 Å². The molecule has 2 N–H and O–H groups in total. The van der Waals surface area contributed by atoms with E-state index in [1.807, 2.05) is 60.7 Å². The molecule has 4 rings (SSSR count). The molecule has 1 heterocycles. The lowest BCUT2D eigenvalue weighted by molar-refractivity contribution is 0.0696. The normalized spacial score (nSPS) is 15.5. The van der Waals surface area contributed by atoms with Crippen molar-refractivity contribution >= 4 is 12.0 Å². The minimum Gasteiger partial charge on any atom is -0.493 e. The van der Waals surface area contributed by atoms with Crippen LogP contribution in [-0.4, -0.2) is 24.7 Å². The van der Waals surface area contributed by atoms with E-state index < -0.39 is 5.97 Å². The van der Waals surface area contributed by atoms with Crippen LogP contribution in [0.2, 0.25) is 0 Å². The van der Waals surface area contributed by atoms with Gasteiger partial charge < -0.3 is 19.9 Å². The second-order valence-corrected chi connectivity index (χ2v) is 7.41. The summed E-state index contributed by atoms with van der Waals surface area (Å²) in [5, 5.41) is 12.9. The van der Waals surface area contributed by atoms with Crippen LogP contribution in [0.4, 0.5) is 0 Å². The number of rotatable bonds is 7. The monoisotopic (exact) mass is 415 g/mol. The highest BCUT2D eigenvalue weighted by atomic mass is 16.5. The SMILES string of the molecule is COc1cc2c(cc1OCc1ccccc1)CCNC2C=Cc1ccccc1C(=O)O. The third-order valence-corrected chi connectivity index (χ3v) is 5.42. The summed E-state index contributed by atoms with van der Waals surface area (Å²) < 4.78 is 11.7. The standard InChI is InChI=1S/C26H25NO4/c1-30-24-16-22-20(15-25(24)31-17-18-7-3-2-4-8-18)13-14-27-23(22)12-11-19-9-5-6-10-21(19)26(28)29/h2-12,15-16,23,27H,13-14,17H2,1H3,(H,28,29). The van der Waals surface area contributed by atoms with Gasteiger partial charge in [-0.1, -0.05) is 60.7 Å². The maximum absolute atomic E-state index is 11.5. The number of nitrogens with one attached hydrogen (secondary N) is 1. The van der Waals surface area contributed by atoms with Crippen LogP contribution in [0.3, 0.4) is 0 Å². The van der Waals surface area contributed by atoms with E-state index in [1.54, 1.807) is 19.2 Å². The van der Waals surface area contributed by atoms with Crippen LogP contribution in [0.1, 0.15) is 38.7 Å². The molecule has 5 heteroatoms. The second kappa shape index (κ2) is 9.49. The zero-order valence-electron chi connectivity index (χ0n) is 17.4. The van der Waals surface area contributed by atoms with Crippen LogP contribution in [0.5, 0.6) is 11.5 Å². The van der Waals surface area contributed by atoms with Gasteiger partial charge in [0.1, 0.15) is 6.61 Å². The van der Waals surface area contributed by atoms with Crippen LogP contribution >= 0.6 is 0 Å². The Bertz CT molecular complexity index is 1090. The molecule has 5 nitrogen and oxygen atoms in total. The molecule has 0 bridgehead atoms. The summed E-state index contributed by atoms with van der Waals surface area (Å²) in [6.07, 6.45) is 4.75. The van der Waals surface area contributed by atoms with Crippen LogP contribution in [0.25, 0.3) is 6.08 Å². The van der Waals surface area contributed by atoms with E-state index >= 15 is 0 Å². The summed E-state index contributed by atoms with van der Waals surface area (Å²) in [6.45, 7) is 1.30. The van der Waals surface area contributed by atoms with Crippen molar-refractivity contribution < 1.29 is 19.4 Å². The van der Waals surface area contributed by atoms with E-state index in [9.17, 15) is 9.90 Å². The van der Waals surface area contributed by atoms with E-state index in [-0.39, 0.29) is 11.6 Å². The van der Waals surface area contributed by atoms with Gasteiger partial charge >= 0.3 is 5.97 Å². The molecule has 0 aliphatic carbocycles. The predicted octanol–water partition coefficient (Wildman–Crippen LogP) is 4.87. The molecular formula is C26H25NO4. The van der Waals surface area contributed by atoms with Gasteiger partial charge in [-0.3, -0.25) is 0 Å². The fourth-order valence-corrected chi connectivity index (χ4v) is 3.81. The molecule has 0 aromatic heterocycles. The molecule has 1 atom stereocenters. The Hall–Kier alpha value is -3.57. The molecule has 0 spiro atoms. The Morgan fingerprint density at radius 2 is 1.87 bits per heavy atom. The molecule has 1 aliphatic heterocycles. The smallest absolute Gasteiger partial charge is 0.336 e. The van der Waals surface area contributed by atoms with E-state index in [2.05, 4.69) is 11.4 Å². The summed E-state index contributed by atoms with van der Waals surface area (Å²) in [7, 11) is 1.64. The number of hydrogen-bond donors (Lipinski definition) is 2. The van der Waals surface area contributed by atoms with Crippen molar-refractivity contribution in [1.29, 1.82) is 0 Å². The van der Waals surface area contributed by atoms with Crippen molar-refractivity contribution in [2.45, 2.75) is 19.1 Å². The van der Waals surface area contributed by atoms with E-state index in [0.717, 1.165) is 29.8 Å². The Balaban J connectivity index is 1.59. The van der Waals surface area contributed by atoms with Crippen molar-refractivity contribution in [2.24, 2.45) is 0 Å². The lowest BCUT2D eigenvalue weighted by atomic mass is 9.92. The maximum atomic E-state index is 11.5. The lowest BCUT2D eigenvalue weighted by Crippen LogP contribution is -2.28. The molecule has 0 fully saturated rings. The number of benzene rings is 3. The fraction of sp³-hybridized carbons (Fsp3) is 0.192. The average Bonchev–Trinajstić information content (AvgIpc) is 2.81. The first-order valence-corrected chi connectivity index (χ1v) is 10.3. The molecule has 0 radical (unpaired) electrons. The summed E-state index contributed by atoms with van der Waals surface area (Å²) in [5.74, 6) is 0.479. The first-order chi connectivity index (χ1) is 15.2. The highest BCUT2D eigenvalue weighted by molar-refractivity contribution is 5.92. The largest absolute Gasteiger partial charge is 0.493 e. The number of methoxy groups -OCH3 is 1. The van der Waals surface area contributed by atoms with E-state index in [1.165, 1.54) is 5.56 Å². The molecule has 31 heavy (non-hydrogen) atoms. The average molecular weight is 415 g/mol. The molecule has 0 amide bonds. The lowest BCUT2D eigenvalue weighted by Gasteiger charge is -2.26. The van der Waals surface area contributed by atoms with Gasteiger partial charge in [0.2, 0.25) is 0 Å². The molecule has 0 saturated heterocycles. The van der Waals surface area contributed by atoms with Gasteiger partial charge in [-0.15, -0.1) is 0 Å². The van der Waals surface area contributed by atoms with Gasteiger partial charge in [0.15, 0.2) is 11.5 Å². The minimum atomic E-state index is -0.931. The summed E-state index contributed by atoms with van der Waals surface area (Å²) >= 11 is 0. The summed E-state index contributed by atoms with van der Waals surface area (Å²) in [5.41, 5.74) is 4.38. The Kier molecular flexibility index (Phi) is 6.34. The van der Waals surface area contributed by atoms with Gasteiger partial charge in [-0.25, -0.2) is 4.79 Å². The van der Waals surface area contributed by atoms with Crippen molar-refractivity contribution in [3.05, 3.63) is 101 Å². The predicted molar refractivity (Wildman–Crippen MR) is 121 cm³/mol. The van der Waals surface area contributed by atoms with E-state index in [0.29, 0.717) is 17.9 Å². The van der Waals surface area contributed by atoms with Crippen molar-refractivity contribution in [2.75, 3.05) is 13.7 Å². The van der Waals surface area contributed by atoms with Gasteiger partial charge in [0.25, 0.3) is 0 Å². The molecule has 0 saturated carbocycles. The van der Waals surface area contributed by atoms with Crippen LogP contribution < -0.4 is 14.8 Å². The minimum absolute atomic E-state index is 0.0392. The third kappa shape index (κ3) is 4.78. The quantitative estimate of drug-likeness (QED) is 0.576. The Morgan fingerprint density at radius 1 is 1.10 bits per heavy atom. The van der Waals surface area contributed by atoms with Crippen LogP contribution in [0, 0.1) is 0 Å². The summed E-state index contributed by atoms with van der Waals surface area (Å²) in [6, 6.07) is 21.1. The number of ether oxygens (including phenoxy) is 2. The number of fused-ring (bicyclic) bond motifs is 1. The second-order valence-electron chi connectivity index (χ2n) is 7.41. The number of carboxylic acids is 1. The number of aromatic carboxylic acids is 1. The third-order valence-electron chi connectivity index (χ3n) is 5.42. The van der Waals surface area contributed by atoms with Gasteiger partial charge in [-0.2, -0.15) is 0 Å². The van der Waals surface area contributed by atoms with Crippen molar-refractivity contribution in [1.82, 2.24) is 5.32 Å². The number of hydrogen-bond acceptors (Lipinski definition) is 4. The number of carboxylic acid groups (broad SMARTS) is 1. The first-order valence-electron chi connectivity index (χ1n) is 10.3. The maximum Gasteiger partial charge on any atom is 0.336 e. The highest BCUT2D eigenvalue weighted by Crippen LogP contribution is 2.36. The topological polar surface area (TPSA) is 67.8 Å². The van der Waals surface area contributed by atoms with Crippen LogP contribution in [-0.2, 0) is 13.0 Å². The van der Waals surface area contributed by atoms with Gasteiger partial charge in [0, 0.05) is 6.54 Å². The molecular weight excluding hydrogens is 390 g/mol. The van der Waals surface area contributed by atoms with Gasteiger partial charge in [0.05, 0.1) is 18.7 Å². The molecule has 3 aromatic carbocycles. The first kappa shape index (κ1) is 20.7. The molecule has 1 unspecified atom stereocenters. The number of carbonyl (C=O) groups is 1. The fourth-order valence-electron chi connectivity index (χ4n) is 3.81. The molecule has 158 valence electrons. The Labute approximate surface area is 182 Å². The zero-order chi connectivity index (χ0) is 21.6. The Morgan fingerprint density at radius 3 is 2.65 bits per heavy atom. The van der Waals surface area contributed by atoms with E-state index in [4.69, 9.17) is 9.47 Å². The molecule has 3 aromatic rings. The zero-order valence-corrected chi connectivity index (χ0v) is 17.4. The van der Waals surface area contributed by atoms with Crippen molar-refractivity contribution in [3.63, 3.8) is 0 Å². The van der Waals surface area contributed by atoms with Gasteiger partial charge in [-0.05, 0) is 46.9 Å². The van der Waals surface area contributed by atoms with Crippen molar-refractivity contribution in [3.8, 4) is 11.5 Å². The highest BCUT2D eigenvalue weighted by Gasteiger charge is 2.21. The molecule has 1 aliphatic rings. The summed E-state index contributed by atoms with van der Waals surface area (Å²) in [4.78, 5) is 11.5.